The second-order valence-corrected chi connectivity index (χ2v) is 6.82. The number of fused-ring (bicyclic) bond motifs is 1. The zero-order valence-electron chi connectivity index (χ0n) is 15.3. The molecule has 0 bridgehead atoms. The first-order valence-electron chi connectivity index (χ1n) is 8.39. The van der Waals surface area contributed by atoms with Gasteiger partial charge in [-0.15, -0.1) is 0 Å². The highest BCUT2D eigenvalue weighted by molar-refractivity contribution is 5.76. The highest BCUT2D eigenvalue weighted by atomic mass is 19.1. The van der Waals surface area contributed by atoms with Crippen molar-refractivity contribution in [3.8, 4) is 5.69 Å². The standard InChI is InChI=1S/C18H20FN5O2/c1-8(2)13-15(14(9(3)4)21-7-20-13)24-16-11(17(25)23-18(24)26)6-12(19)10(5)22-16/h6-9H,1-5H3,(H,23,25,26). The average Bonchev–Trinajstić information content (AvgIpc) is 2.56. The van der Waals surface area contributed by atoms with E-state index in [4.69, 9.17) is 0 Å². The fraction of sp³-hybridized carbons (Fsp3) is 0.389. The molecule has 3 heterocycles. The number of halogens is 1. The van der Waals surface area contributed by atoms with Crippen molar-refractivity contribution in [2.75, 3.05) is 0 Å². The smallest absolute Gasteiger partial charge is 0.273 e. The second kappa shape index (κ2) is 6.44. The maximum atomic E-state index is 14.0. The lowest BCUT2D eigenvalue weighted by Gasteiger charge is -2.19. The minimum atomic E-state index is -0.679. The molecule has 136 valence electrons. The van der Waals surface area contributed by atoms with E-state index in [1.54, 1.807) is 0 Å². The van der Waals surface area contributed by atoms with Crippen LogP contribution in [0, 0.1) is 12.7 Å². The molecule has 0 aliphatic heterocycles. The number of hydrogen-bond donors (Lipinski definition) is 1. The van der Waals surface area contributed by atoms with Gasteiger partial charge in [-0.3, -0.25) is 9.78 Å². The van der Waals surface area contributed by atoms with Gasteiger partial charge in [0, 0.05) is 0 Å². The summed E-state index contributed by atoms with van der Waals surface area (Å²) in [7, 11) is 0. The quantitative estimate of drug-likeness (QED) is 0.777. The van der Waals surface area contributed by atoms with Crippen LogP contribution in [-0.2, 0) is 0 Å². The van der Waals surface area contributed by atoms with Crippen molar-refractivity contribution < 1.29 is 4.39 Å². The summed E-state index contributed by atoms with van der Waals surface area (Å²) in [4.78, 5) is 40.0. The molecule has 0 aliphatic carbocycles. The number of nitrogens with zero attached hydrogens (tertiary/aromatic N) is 4. The molecule has 0 radical (unpaired) electrons. The lowest BCUT2D eigenvalue weighted by atomic mass is 10.0. The molecular formula is C18H20FN5O2. The molecule has 0 unspecified atom stereocenters. The van der Waals surface area contributed by atoms with Gasteiger partial charge in [0.25, 0.3) is 5.56 Å². The second-order valence-electron chi connectivity index (χ2n) is 6.82. The van der Waals surface area contributed by atoms with Gasteiger partial charge in [0.15, 0.2) is 5.65 Å². The van der Waals surface area contributed by atoms with Crippen molar-refractivity contribution in [2.45, 2.75) is 46.5 Å². The van der Waals surface area contributed by atoms with Crippen LogP contribution in [0.15, 0.2) is 22.0 Å². The minimum Gasteiger partial charge on any atom is -0.273 e. The number of H-pyrrole nitrogens is 1. The van der Waals surface area contributed by atoms with Gasteiger partial charge in [-0.25, -0.2) is 28.7 Å². The SMILES string of the molecule is Cc1nc2c(cc1F)c(=O)[nH]c(=O)n2-c1c(C(C)C)ncnc1C(C)C. The first kappa shape index (κ1) is 17.9. The summed E-state index contributed by atoms with van der Waals surface area (Å²) in [5, 5.41) is 0.000894. The molecule has 26 heavy (non-hydrogen) atoms. The first-order chi connectivity index (χ1) is 12.2. The van der Waals surface area contributed by atoms with E-state index in [1.807, 2.05) is 27.7 Å². The van der Waals surface area contributed by atoms with Crippen LogP contribution in [0.3, 0.4) is 0 Å². The molecule has 3 aromatic rings. The van der Waals surface area contributed by atoms with Gasteiger partial charge in [0.2, 0.25) is 0 Å². The summed E-state index contributed by atoms with van der Waals surface area (Å²) in [5.74, 6) is -0.604. The Bertz CT molecular complexity index is 1090. The van der Waals surface area contributed by atoms with Gasteiger partial charge >= 0.3 is 5.69 Å². The van der Waals surface area contributed by atoms with Crippen LogP contribution >= 0.6 is 0 Å². The van der Waals surface area contributed by atoms with Gasteiger partial charge in [-0.2, -0.15) is 0 Å². The molecule has 0 saturated heterocycles. The Morgan fingerprint density at radius 1 is 1.08 bits per heavy atom. The number of nitrogens with one attached hydrogen (secondary N) is 1. The predicted octanol–water partition coefficient (Wildman–Crippen LogP) is 2.56. The highest BCUT2D eigenvalue weighted by Gasteiger charge is 2.23. The van der Waals surface area contributed by atoms with Gasteiger partial charge < -0.3 is 0 Å². The molecule has 1 N–H and O–H groups in total. The number of aryl methyl sites for hydroxylation is 1. The molecule has 0 fully saturated rings. The van der Waals surface area contributed by atoms with E-state index in [9.17, 15) is 14.0 Å². The van der Waals surface area contributed by atoms with Crippen LogP contribution in [0.4, 0.5) is 4.39 Å². The van der Waals surface area contributed by atoms with E-state index >= 15 is 0 Å². The van der Waals surface area contributed by atoms with E-state index < -0.39 is 17.1 Å². The molecule has 0 aliphatic rings. The van der Waals surface area contributed by atoms with Crippen LogP contribution < -0.4 is 11.2 Å². The van der Waals surface area contributed by atoms with E-state index in [0.29, 0.717) is 17.1 Å². The molecule has 8 heteroatoms. The molecule has 3 aromatic heterocycles. The Hall–Kier alpha value is -2.90. The number of pyridine rings is 1. The fourth-order valence-electron chi connectivity index (χ4n) is 2.91. The third-order valence-electron chi connectivity index (χ3n) is 4.21. The molecule has 7 nitrogen and oxygen atoms in total. The lowest BCUT2D eigenvalue weighted by Crippen LogP contribution is -2.32. The van der Waals surface area contributed by atoms with E-state index in [1.165, 1.54) is 17.8 Å². The Kier molecular flexibility index (Phi) is 4.43. The Morgan fingerprint density at radius 2 is 1.65 bits per heavy atom. The molecular weight excluding hydrogens is 337 g/mol. The Morgan fingerprint density at radius 3 is 2.19 bits per heavy atom. The molecule has 0 saturated carbocycles. The average molecular weight is 357 g/mol. The zero-order chi connectivity index (χ0) is 19.2. The Labute approximate surface area is 149 Å². The number of aromatic nitrogens is 5. The zero-order valence-corrected chi connectivity index (χ0v) is 15.3. The topological polar surface area (TPSA) is 93.5 Å². The van der Waals surface area contributed by atoms with Gasteiger partial charge in [-0.1, -0.05) is 27.7 Å². The Balaban J connectivity index is 2.57. The lowest BCUT2D eigenvalue weighted by molar-refractivity contribution is 0.611. The van der Waals surface area contributed by atoms with Crippen molar-refractivity contribution in [1.82, 2.24) is 24.5 Å². The molecule has 0 aromatic carbocycles. The maximum Gasteiger partial charge on any atom is 0.334 e. The summed E-state index contributed by atoms with van der Waals surface area (Å²) in [6, 6.07) is 1.10. The van der Waals surface area contributed by atoms with Crippen molar-refractivity contribution in [3.05, 3.63) is 56.1 Å². The van der Waals surface area contributed by atoms with E-state index in [0.717, 1.165) is 6.07 Å². The van der Waals surface area contributed by atoms with Crippen LogP contribution in [0.2, 0.25) is 0 Å². The molecule has 0 amide bonds. The largest absolute Gasteiger partial charge is 0.334 e. The number of aromatic amines is 1. The third kappa shape index (κ3) is 2.81. The number of rotatable bonds is 3. The summed E-state index contributed by atoms with van der Waals surface area (Å²) in [5.41, 5.74) is 0.663. The predicted molar refractivity (Wildman–Crippen MR) is 96.4 cm³/mol. The van der Waals surface area contributed by atoms with E-state index in [-0.39, 0.29) is 28.6 Å². The molecule has 0 atom stereocenters. The third-order valence-corrected chi connectivity index (χ3v) is 4.21. The summed E-state index contributed by atoms with van der Waals surface area (Å²) in [6.45, 7) is 9.29. The minimum absolute atomic E-state index is 0.000855. The van der Waals surface area contributed by atoms with Crippen molar-refractivity contribution >= 4 is 11.0 Å². The van der Waals surface area contributed by atoms with Crippen LogP contribution in [0.5, 0.6) is 0 Å². The summed E-state index contributed by atoms with van der Waals surface area (Å²) in [6.07, 6.45) is 1.46. The monoisotopic (exact) mass is 357 g/mol. The first-order valence-corrected chi connectivity index (χ1v) is 8.39. The normalized spacial score (nSPS) is 11.7. The number of hydrogen-bond acceptors (Lipinski definition) is 5. The van der Waals surface area contributed by atoms with Crippen LogP contribution in [0.25, 0.3) is 16.7 Å². The van der Waals surface area contributed by atoms with Crippen LogP contribution in [-0.4, -0.2) is 24.5 Å². The maximum absolute atomic E-state index is 14.0. The summed E-state index contributed by atoms with van der Waals surface area (Å²) < 4.78 is 15.2. The summed E-state index contributed by atoms with van der Waals surface area (Å²) >= 11 is 0. The van der Waals surface area contributed by atoms with Gasteiger partial charge in [0.1, 0.15) is 12.1 Å². The van der Waals surface area contributed by atoms with Crippen molar-refractivity contribution in [1.29, 1.82) is 0 Å². The van der Waals surface area contributed by atoms with Crippen LogP contribution in [0.1, 0.15) is 56.6 Å². The molecule has 3 rings (SSSR count). The highest BCUT2D eigenvalue weighted by Crippen LogP contribution is 2.28. The van der Waals surface area contributed by atoms with Crippen molar-refractivity contribution in [3.63, 3.8) is 0 Å². The fourth-order valence-corrected chi connectivity index (χ4v) is 2.91. The van der Waals surface area contributed by atoms with E-state index in [2.05, 4.69) is 19.9 Å². The van der Waals surface area contributed by atoms with Gasteiger partial charge in [0.05, 0.1) is 28.2 Å². The van der Waals surface area contributed by atoms with Crippen molar-refractivity contribution in [2.24, 2.45) is 0 Å². The molecule has 0 spiro atoms. The van der Waals surface area contributed by atoms with Gasteiger partial charge in [-0.05, 0) is 24.8 Å².